The molecule has 0 unspecified atom stereocenters. The van der Waals surface area contributed by atoms with Crippen LogP contribution < -0.4 is 10.9 Å². The van der Waals surface area contributed by atoms with Gasteiger partial charge in [0.1, 0.15) is 5.82 Å². The van der Waals surface area contributed by atoms with E-state index >= 15 is 0 Å². The highest BCUT2D eigenvalue weighted by molar-refractivity contribution is 5.56. The molecule has 9 heteroatoms. The van der Waals surface area contributed by atoms with Crippen LogP contribution in [0.3, 0.4) is 0 Å². The Labute approximate surface area is 127 Å². The largest absolute Gasteiger partial charge is 0.433 e. The normalized spacial score (nSPS) is 11.7. The first-order valence-corrected chi connectivity index (χ1v) is 6.40. The van der Waals surface area contributed by atoms with E-state index in [2.05, 4.69) is 10.3 Å². The first kappa shape index (κ1) is 16.9. The molecule has 4 nitrogen and oxygen atoms in total. The molecule has 0 saturated heterocycles. The van der Waals surface area contributed by atoms with Crippen molar-refractivity contribution in [2.24, 2.45) is 7.05 Å². The Bertz CT molecular complexity index is 827. The highest BCUT2D eigenvalue weighted by atomic mass is 19.4. The van der Waals surface area contributed by atoms with Gasteiger partial charge < -0.3 is 5.32 Å². The van der Waals surface area contributed by atoms with Crippen molar-refractivity contribution >= 4 is 11.6 Å². The Kier molecular flexibility index (Phi) is 4.14. The van der Waals surface area contributed by atoms with Gasteiger partial charge in [-0.3, -0.25) is 9.36 Å². The number of rotatable bonds is 2. The maximum absolute atomic E-state index is 14.0. The lowest BCUT2D eigenvalue weighted by Crippen LogP contribution is -2.28. The quantitative estimate of drug-likeness (QED) is 0.857. The fraction of sp³-hybridized carbons (Fsp3) is 0.286. The second-order valence-corrected chi connectivity index (χ2v) is 4.93. The van der Waals surface area contributed by atoms with E-state index in [0.29, 0.717) is 0 Å². The SMILES string of the molecule is Cc1c(F)ccc(Nc2nc(C(F)(F)F)c(C)c(=O)n2C)c1F. The van der Waals surface area contributed by atoms with Crippen LogP contribution in [0, 0.1) is 25.5 Å². The molecule has 0 spiro atoms. The Morgan fingerprint density at radius 3 is 2.30 bits per heavy atom. The minimum Gasteiger partial charge on any atom is -0.323 e. The van der Waals surface area contributed by atoms with Gasteiger partial charge in [-0.05, 0) is 26.0 Å². The monoisotopic (exact) mass is 333 g/mol. The predicted molar refractivity (Wildman–Crippen MR) is 73.6 cm³/mol. The highest BCUT2D eigenvalue weighted by Gasteiger charge is 2.36. The summed E-state index contributed by atoms with van der Waals surface area (Å²) in [5.74, 6) is -2.28. The lowest BCUT2D eigenvalue weighted by Gasteiger charge is -2.16. The molecular weight excluding hydrogens is 321 g/mol. The molecule has 0 fully saturated rings. The number of aromatic nitrogens is 2. The molecule has 0 aliphatic rings. The van der Waals surface area contributed by atoms with Crippen LogP contribution in [-0.2, 0) is 13.2 Å². The molecular formula is C14H12F5N3O. The van der Waals surface area contributed by atoms with Gasteiger partial charge in [0.2, 0.25) is 5.95 Å². The average Bonchev–Trinajstić information content (AvgIpc) is 2.46. The average molecular weight is 333 g/mol. The number of anilines is 2. The van der Waals surface area contributed by atoms with Crippen LogP contribution in [0.25, 0.3) is 0 Å². The van der Waals surface area contributed by atoms with Crippen LogP contribution >= 0.6 is 0 Å². The molecule has 1 heterocycles. The van der Waals surface area contributed by atoms with Crippen LogP contribution in [0.15, 0.2) is 16.9 Å². The predicted octanol–water partition coefficient (Wildman–Crippen LogP) is 3.44. The zero-order valence-corrected chi connectivity index (χ0v) is 12.3. The molecule has 1 aromatic carbocycles. The third-order valence-electron chi connectivity index (χ3n) is 3.35. The molecule has 23 heavy (non-hydrogen) atoms. The van der Waals surface area contributed by atoms with Gasteiger partial charge in [-0.2, -0.15) is 13.2 Å². The molecule has 0 aliphatic carbocycles. The summed E-state index contributed by atoms with van der Waals surface area (Å²) >= 11 is 0. The summed E-state index contributed by atoms with van der Waals surface area (Å²) in [7, 11) is 1.19. The number of hydrogen-bond acceptors (Lipinski definition) is 3. The summed E-state index contributed by atoms with van der Waals surface area (Å²) < 4.78 is 66.7. The van der Waals surface area contributed by atoms with E-state index in [4.69, 9.17) is 0 Å². The minimum atomic E-state index is -4.83. The molecule has 0 bridgehead atoms. The molecule has 124 valence electrons. The third kappa shape index (κ3) is 3.03. The summed E-state index contributed by atoms with van der Waals surface area (Å²) in [4.78, 5) is 15.2. The second kappa shape index (κ2) is 5.64. The molecule has 0 amide bonds. The summed E-state index contributed by atoms with van der Waals surface area (Å²) in [6.45, 7) is 2.18. The summed E-state index contributed by atoms with van der Waals surface area (Å²) in [6, 6.07) is 1.97. The van der Waals surface area contributed by atoms with Crippen molar-refractivity contribution in [3.63, 3.8) is 0 Å². The van der Waals surface area contributed by atoms with E-state index in [1.54, 1.807) is 0 Å². The van der Waals surface area contributed by atoms with Gasteiger partial charge in [-0.1, -0.05) is 0 Å². The Hall–Kier alpha value is -2.45. The van der Waals surface area contributed by atoms with Crippen molar-refractivity contribution in [1.29, 1.82) is 0 Å². The van der Waals surface area contributed by atoms with E-state index in [1.165, 1.54) is 14.0 Å². The van der Waals surface area contributed by atoms with Crippen LogP contribution in [0.1, 0.15) is 16.8 Å². The third-order valence-corrected chi connectivity index (χ3v) is 3.35. The topological polar surface area (TPSA) is 46.9 Å². The summed E-state index contributed by atoms with van der Waals surface area (Å²) in [5, 5.41) is 2.30. The van der Waals surface area contributed by atoms with Crippen LogP contribution in [0.5, 0.6) is 0 Å². The fourth-order valence-electron chi connectivity index (χ4n) is 1.98. The lowest BCUT2D eigenvalue weighted by atomic mass is 10.2. The fourth-order valence-corrected chi connectivity index (χ4v) is 1.98. The molecule has 2 aromatic rings. The summed E-state index contributed by atoms with van der Waals surface area (Å²) in [5.41, 5.74) is -3.44. The number of alkyl halides is 3. The van der Waals surface area contributed by atoms with Crippen LogP contribution in [0.2, 0.25) is 0 Å². The van der Waals surface area contributed by atoms with E-state index in [-0.39, 0.29) is 11.3 Å². The second-order valence-electron chi connectivity index (χ2n) is 4.93. The van der Waals surface area contributed by atoms with Crippen molar-refractivity contribution in [2.75, 3.05) is 5.32 Å². The number of nitrogens with one attached hydrogen (secondary N) is 1. The molecule has 0 aliphatic heterocycles. The Morgan fingerprint density at radius 2 is 1.74 bits per heavy atom. The van der Waals surface area contributed by atoms with Crippen molar-refractivity contribution in [3.05, 3.63) is 50.9 Å². The Balaban J connectivity index is 2.60. The maximum atomic E-state index is 14.0. The molecule has 1 aromatic heterocycles. The number of hydrogen-bond donors (Lipinski definition) is 1. The van der Waals surface area contributed by atoms with E-state index in [9.17, 15) is 26.7 Å². The lowest BCUT2D eigenvalue weighted by molar-refractivity contribution is -0.141. The molecule has 0 atom stereocenters. The van der Waals surface area contributed by atoms with Gasteiger partial charge in [0.05, 0.1) is 5.69 Å². The number of halogens is 5. The van der Waals surface area contributed by atoms with Crippen LogP contribution in [-0.4, -0.2) is 9.55 Å². The molecule has 0 radical (unpaired) electrons. The van der Waals surface area contributed by atoms with Gasteiger partial charge in [0.25, 0.3) is 5.56 Å². The zero-order valence-electron chi connectivity index (χ0n) is 12.3. The smallest absolute Gasteiger partial charge is 0.323 e. The van der Waals surface area contributed by atoms with Gasteiger partial charge in [-0.25, -0.2) is 13.8 Å². The minimum absolute atomic E-state index is 0.289. The van der Waals surface area contributed by atoms with Crippen molar-refractivity contribution in [1.82, 2.24) is 9.55 Å². The van der Waals surface area contributed by atoms with Gasteiger partial charge in [0.15, 0.2) is 11.5 Å². The van der Waals surface area contributed by atoms with Gasteiger partial charge in [-0.15, -0.1) is 0 Å². The van der Waals surface area contributed by atoms with E-state index in [0.717, 1.165) is 23.6 Å². The Morgan fingerprint density at radius 1 is 1.13 bits per heavy atom. The van der Waals surface area contributed by atoms with E-state index < -0.39 is 40.6 Å². The molecule has 0 saturated carbocycles. The van der Waals surface area contributed by atoms with E-state index in [1.807, 2.05) is 0 Å². The number of nitrogens with zero attached hydrogens (tertiary/aromatic N) is 2. The first-order chi connectivity index (χ1) is 10.5. The van der Waals surface area contributed by atoms with Gasteiger partial charge in [0, 0.05) is 18.2 Å². The van der Waals surface area contributed by atoms with Crippen molar-refractivity contribution < 1.29 is 22.0 Å². The van der Waals surface area contributed by atoms with Gasteiger partial charge >= 0.3 is 6.18 Å². The number of benzene rings is 1. The first-order valence-electron chi connectivity index (χ1n) is 6.40. The standard InChI is InChI=1S/C14H12F5N3O/c1-6-8(15)4-5-9(10(6)16)20-13-21-11(14(17,18)19)7(2)12(23)22(13)3/h4-5H,1-3H3,(H,20,21). The van der Waals surface area contributed by atoms with Crippen LogP contribution in [0.4, 0.5) is 33.6 Å². The highest BCUT2D eigenvalue weighted by Crippen LogP contribution is 2.30. The maximum Gasteiger partial charge on any atom is 0.433 e. The summed E-state index contributed by atoms with van der Waals surface area (Å²) in [6.07, 6.45) is -4.83. The molecule has 1 N–H and O–H groups in total. The van der Waals surface area contributed by atoms with Crippen molar-refractivity contribution in [2.45, 2.75) is 20.0 Å². The zero-order chi connectivity index (χ0) is 17.5. The van der Waals surface area contributed by atoms with Crippen molar-refractivity contribution in [3.8, 4) is 0 Å². The molecule has 2 rings (SSSR count).